The Morgan fingerprint density at radius 1 is 1.23 bits per heavy atom. The Balaban J connectivity index is 1.35. The molecule has 0 unspecified atom stereocenters. The predicted molar refractivity (Wildman–Crippen MR) is 115 cm³/mol. The number of rotatable bonds is 8. The van der Waals surface area contributed by atoms with Crippen LogP contribution in [0.4, 0.5) is 5.95 Å². The maximum absolute atomic E-state index is 12.8. The number of nitrogens with zero attached hydrogens (tertiary/aromatic N) is 5. The van der Waals surface area contributed by atoms with Gasteiger partial charge in [0.1, 0.15) is 5.82 Å². The van der Waals surface area contributed by atoms with Crippen molar-refractivity contribution in [1.29, 1.82) is 0 Å². The smallest absolute Gasteiger partial charge is 0.225 e. The number of nitrogens with one attached hydrogen (secondary N) is 1. The van der Waals surface area contributed by atoms with Gasteiger partial charge in [-0.2, -0.15) is 0 Å². The van der Waals surface area contributed by atoms with Crippen LogP contribution < -0.4 is 10.2 Å². The van der Waals surface area contributed by atoms with Gasteiger partial charge < -0.3 is 19.5 Å². The molecule has 8 heteroatoms. The van der Waals surface area contributed by atoms with Crippen LogP contribution in [0.15, 0.2) is 42.7 Å². The first-order valence-corrected chi connectivity index (χ1v) is 10.5. The summed E-state index contributed by atoms with van der Waals surface area (Å²) in [4.78, 5) is 28.3. The van der Waals surface area contributed by atoms with Gasteiger partial charge in [0.05, 0.1) is 23.6 Å². The standard InChI is InChI=1S/C22H28N6O2/c1-30-15-14-28-19-8-3-2-7-18(19)26-20(28)9-12-23-21(29)17-6-4-13-27(16-17)22-24-10-5-11-25-22/h2-3,5,7-8,10-11,17H,4,6,9,12-16H2,1H3,(H,23,29)/t17-/m0/s1. The summed E-state index contributed by atoms with van der Waals surface area (Å²) in [5.41, 5.74) is 2.07. The number of carbonyl (C=O) groups is 1. The topological polar surface area (TPSA) is 85.2 Å². The predicted octanol–water partition coefficient (Wildman–Crippen LogP) is 2.05. The molecule has 3 heterocycles. The van der Waals surface area contributed by atoms with Crippen molar-refractivity contribution in [3.8, 4) is 0 Å². The molecule has 1 fully saturated rings. The van der Waals surface area contributed by atoms with E-state index in [2.05, 4.69) is 30.8 Å². The monoisotopic (exact) mass is 408 g/mol. The molecule has 1 aliphatic heterocycles. The molecule has 1 aliphatic rings. The van der Waals surface area contributed by atoms with Crippen LogP contribution in [0.25, 0.3) is 11.0 Å². The van der Waals surface area contributed by atoms with E-state index in [1.165, 1.54) is 0 Å². The van der Waals surface area contributed by atoms with Crippen molar-refractivity contribution in [1.82, 2.24) is 24.8 Å². The minimum Gasteiger partial charge on any atom is -0.383 e. The highest BCUT2D eigenvalue weighted by atomic mass is 16.5. The molecular weight excluding hydrogens is 380 g/mol. The summed E-state index contributed by atoms with van der Waals surface area (Å²) >= 11 is 0. The maximum Gasteiger partial charge on any atom is 0.225 e. The van der Waals surface area contributed by atoms with Gasteiger partial charge in [0, 0.05) is 52.1 Å². The van der Waals surface area contributed by atoms with Gasteiger partial charge in [-0.25, -0.2) is 15.0 Å². The molecule has 1 N–H and O–H groups in total. The van der Waals surface area contributed by atoms with Gasteiger partial charge in [0.25, 0.3) is 0 Å². The van der Waals surface area contributed by atoms with Gasteiger partial charge >= 0.3 is 0 Å². The lowest BCUT2D eigenvalue weighted by molar-refractivity contribution is -0.125. The number of methoxy groups -OCH3 is 1. The fraction of sp³-hybridized carbons (Fsp3) is 0.455. The Morgan fingerprint density at radius 3 is 2.90 bits per heavy atom. The lowest BCUT2D eigenvalue weighted by Crippen LogP contribution is -2.44. The number of hydrogen-bond donors (Lipinski definition) is 1. The zero-order valence-corrected chi connectivity index (χ0v) is 17.3. The molecule has 1 atom stereocenters. The molecule has 1 saturated heterocycles. The number of ether oxygens (including phenoxy) is 1. The van der Waals surface area contributed by atoms with E-state index in [9.17, 15) is 4.79 Å². The molecule has 0 aliphatic carbocycles. The van der Waals surface area contributed by atoms with Crippen molar-refractivity contribution in [3.63, 3.8) is 0 Å². The zero-order chi connectivity index (χ0) is 20.8. The van der Waals surface area contributed by atoms with E-state index in [0.29, 0.717) is 32.1 Å². The molecule has 158 valence electrons. The Labute approximate surface area is 176 Å². The average molecular weight is 409 g/mol. The van der Waals surface area contributed by atoms with E-state index < -0.39 is 0 Å². The van der Waals surface area contributed by atoms with Crippen LogP contribution in [0.1, 0.15) is 18.7 Å². The third kappa shape index (κ3) is 4.59. The van der Waals surface area contributed by atoms with E-state index in [4.69, 9.17) is 9.72 Å². The number of hydrogen-bond acceptors (Lipinski definition) is 6. The Kier molecular flexibility index (Phi) is 6.53. The van der Waals surface area contributed by atoms with Crippen LogP contribution in [0, 0.1) is 5.92 Å². The van der Waals surface area contributed by atoms with Gasteiger partial charge in [-0.1, -0.05) is 12.1 Å². The average Bonchev–Trinajstić information content (AvgIpc) is 3.15. The summed E-state index contributed by atoms with van der Waals surface area (Å²) in [6, 6.07) is 9.90. The summed E-state index contributed by atoms with van der Waals surface area (Å²) < 4.78 is 7.44. The van der Waals surface area contributed by atoms with Gasteiger partial charge in [-0.3, -0.25) is 4.79 Å². The molecule has 4 rings (SSSR count). The lowest BCUT2D eigenvalue weighted by Gasteiger charge is -2.31. The highest BCUT2D eigenvalue weighted by Gasteiger charge is 2.26. The number of amides is 1. The van der Waals surface area contributed by atoms with Gasteiger partial charge in [-0.15, -0.1) is 0 Å². The van der Waals surface area contributed by atoms with Crippen LogP contribution in [-0.2, 0) is 22.5 Å². The summed E-state index contributed by atoms with van der Waals surface area (Å²) in [7, 11) is 1.70. The van der Waals surface area contributed by atoms with Crippen molar-refractivity contribution in [2.24, 2.45) is 5.92 Å². The summed E-state index contributed by atoms with van der Waals surface area (Å²) in [6.45, 7) is 3.47. The van der Waals surface area contributed by atoms with Crippen molar-refractivity contribution < 1.29 is 9.53 Å². The zero-order valence-electron chi connectivity index (χ0n) is 17.3. The van der Waals surface area contributed by atoms with Crippen molar-refractivity contribution in [2.75, 3.05) is 38.3 Å². The second-order valence-electron chi connectivity index (χ2n) is 7.54. The van der Waals surface area contributed by atoms with Gasteiger partial charge in [0.2, 0.25) is 11.9 Å². The fourth-order valence-electron chi connectivity index (χ4n) is 4.02. The number of para-hydroxylation sites is 2. The summed E-state index contributed by atoms with van der Waals surface area (Å²) in [6.07, 6.45) is 6.01. The highest BCUT2D eigenvalue weighted by molar-refractivity contribution is 5.79. The number of aromatic nitrogens is 4. The van der Waals surface area contributed by atoms with Gasteiger partial charge in [-0.05, 0) is 31.0 Å². The number of fused-ring (bicyclic) bond motifs is 1. The molecule has 0 radical (unpaired) electrons. The van der Waals surface area contributed by atoms with E-state index in [-0.39, 0.29) is 11.8 Å². The molecule has 1 aromatic carbocycles. The first kappa shape index (κ1) is 20.3. The number of imidazole rings is 1. The Hall–Kier alpha value is -3.00. The van der Waals surface area contributed by atoms with Crippen LogP contribution in [0.3, 0.4) is 0 Å². The fourth-order valence-corrected chi connectivity index (χ4v) is 4.02. The number of piperidine rings is 1. The Morgan fingerprint density at radius 2 is 2.07 bits per heavy atom. The second kappa shape index (κ2) is 9.67. The van der Waals surface area contributed by atoms with E-state index in [1.54, 1.807) is 25.6 Å². The molecule has 0 bridgehead atoms. The molecular formula is C22H28N6O2. The number of anilines is 1. The van der Waals surface area contributed by atoms with Crippen LogP contribution in [0.5, 0.6) is 0 Å². The lowest BCUT2D eigenvalue weighted by atomic mass is 9.97. The van der Waals surface area contributed by atoms with Crippen molar-refractivity contribution >= 4 is 22.9 Å². The minimum atomic E-state index is -0.0464. The first-order valence-electron chi connectivity index (χ1n) is 10.5. The third-order valence-electron chi connectivity index (χ3n) is 5.53. The molecule has 0 spiro atoms. The summed E-state index contributed by atoms with van der Waals surface area (Å²) in [5, 5.41) is 3.11. The third-order valence-corrected chi connectivity index (χ3v) is 5.53. The number of benzene rings is 1. The summed E-state index contributed by atoms with van der Waals surface area (Å²) in [5.74, 6) is 1.71. The molecule has 8 nitrogen and oxygen atoms in total. The first-order chi connectivity index (χ1) is 14.8. The highest BCUT2D eigenvalue weighted by Crippen LogP contribution is 2.20. The van der Waals surface area contributed by atoms with E-state index in [1.807, 2.05) is 18.2 Å². The largest absolute Gasteiger partial charge is 0.383 e. The maximum atomic E-state index is 12.8. The number of carbonyl (C=O) groups excluding carboxylic acids is 1. The molecule has 0 saturated carbocycles. The van der Waals surface area contributed by atoms with E-state index in [0.717, 1.165) is 42.8 Å². The minimum absolute atomic E-state index is 0.0464. The molecule has 2 aromatic heterocycles. The van der Waals surface area contributed by atoms with Crippen LogP contribution in [0.2, 0.25) is 0 Å². The van der Waals surface area contributed by atoms with Crippen LogP contribution >= 0.6 is 0 Å². The molecule has 30 heavy (non-hydrogen) atoms. The van der Waals surface area contributed by atoms with Crippen molar-refractivity contribution in [2.45, 2.75) is 25.8 Å². The molecule has 3 aromatic rings. The second-order valence-corrected chi connectivity index (χ2v) is 7.54. The van der Waals surface area contributed by atoms with E-state index >= 15 is 0 Å². The van der Waals surface area contributed by atoms with Crippen LogP contribution in [-0.4, -0.2) is 58.8 Å². The normalized spacial score (nSPS) is 16.7. The SMILES string of the molecule is COCCn1c(CCNC(=O)[C@H]2CCCN(c3ncccn3)C2)nc2ccccc21. The van der Waals surface area contributed by atoms with Gasteiger partial charge in [0.15, 0.2) is 0 Å². The molecule has 1 amide bonds. The van der Waals surface area contributed by atoms with Crippen molar-refractivity contribution in [3.05, 3.63) is 48.5 Å². The quantitative estimate of drug-likeness (QED) is 0.614. The Bertz CT molecular complexity index is 974.